The highest BCUT2D eigenvalue weighted by atomic mass is 35.5. The first kappa shape index (κ1) is 28.4. The summed E-state index contributed by atoms with van der Waals surface area (Å²) in [6.45, 7) is 1.39. The summed E-state index contributed by atoms with van der Waals surface area (Å²) >= 11 is 18.9. The molecule has 2 aliphatic rings. The van der Waals surface area contributed by atoms with Crippen molar-refractivity contribution >= 4 is 50.5 Å². The van der Waals surface area contributed by atoms with Gasteiger partial charge in [-0.1, -0.05) is 66.2 Å². The number of hydrogen-bond acceptors (Lipinski definition) is 6. The number of sulfone groups is 1. The van der Waals surface area contributed by atoms with Gasteiger partial charge in [-0.3, -0.25) is 10.2 Å². The Hall–Kier alpha value is -2.14. The maximum Gasteiger partial charge on any atom is 0.286 e. The van der Waals surface area contributed by atoms with Gasteiger partial charge in [0.1, 0.15) is 5.37 Å². The van der Waals surface area contributed by atoms with Crippen LogP contribution < -0.4 is 11.2 Å². The van der Waals surface area contributed by atoms with Gasteiger partial charge in [0.15, 0.2) is 15.5 Å². The summed E-state index contributed by atoms with van der Waals surface area (Å²) in [6, 6.07) is 11.7. The molecule has 2 heterocycles. The van der Waals surface area contributed by atoms with E-state index in [-0.39, 0.29) is 16.3 Å². The van der Waals surface area contributed by atoms with Crippen LogP contribution in [0.1, 0.15) is 66.4 Å². The molecule has 0 radical (unpaired) electrons. The number of halogens is 3. The van der Waals surface area contributed by atoms with E-state index in [0.717, 1.165) is 32.1 Å². The molecule has 1 atom stereocenters. The summed E-state index contributed by atoms with van der Waals surface area (Å²) in [5, 5.41) is 5.65. The highest BCUT2D eigenvalue weighted by Gasteiger charge is 2.40. The maximum absolute atomic E-state index is 13.8. The first-order valence-corrected chi connectivity index (χ1v) is 15.8. The molecular formula is C27H30Cl3N5O3S. The summed E-state index contributed by atoms with van der Waals surface area (Å²) in [6.07, 6.45) is 5.72. The number of carbonyl (C=O) groups excluding carboxylic acids is 1. The van der Waals surface area contributed by atoms with E-state index < -0.39 is 26.4 Å². The van der Waals surface area contributed by atoms with Crippen molar-refractivity contribution in [2.24, 2.45) is 5.73 Å². The maximum atomic E-state index is 13.8. The Kier molecular flexibility index (Phi) is 8.56. The van der Waals surface area contributed by atoms with Gasteiger partial charge >= 0.3 is 0 Å². The molecule has 8 nitrogen and oxygen atoms in total. The van der Waals surface area contributed by atoms with Crippen molar-refractivity contribution in [2.75, 3.05) is 13.1 Å². The molecule has 1 saturated heterocycles. The van der Waals surface area contributed by atoms with Gasteiger partial charge in [0.05, 0.1) is 21.7 Å². The predicted octanol–water partition coefficient (Wildman–Crippen LogP) is 5.94. The molecule has 208 valence electrons. The van der Waals surface area contributed by atoms with Crippen LogP contribution in [0.15, 0.2) is 42.5 Å². The topological polar surface area (TPSA) is 110 Å². The van der Waals surface area contributed by atoms with Crippen molar-refractivity contribution in [1.29, 1.82) is 0 Å². The van der Waals surface area contributed by atoms with E-state index in [4.69, 9.17) is 40.5 Å². The number of hydrazine groups is 1. The molecule has 3 aromatic rings. The Labute approximate surface area is 243 Å². The minimum Gasteiger partial charge on any atom is -0.311 e. The molecule has 1 aliphatic heterocycles. The Balaban J connectivity index is 1.74. The van der Waals surface area contributed by atoms with Gasteiger partial charge in [-0.05, 0) is 56.0 Å². The van der Waals surface area contributed by atoms with E-state index in [2.05, 4.69) is 10.5 Å². The van der Waals surface area contributed by atoms with Crippen LogP contribution in [0.25, 0.3) is 16.9 Å². The molecule has 3 N–H and O–H groups in total. The second-order valence-electron chi connectivity index (χ2n) is 10.0. The fourth-order valence-corrected chi connectivity index (χ4v) is 7.94. The first-order chi connectivity index (χ1) is 18.7. The smallest absolute Gasteiger partial charge is 0.286 e. The molecule has 5 rings (SSSR count). The van der Waals surface area contributed by atoms with E-state index in [1.165, 1.54) is 4.68 Å². The minimum atomic E-state index is -3.85. The lowest BCUT2D eigenvalue weighted by molar-refractivity contribution is 0.0743. The lowest BCUT2D eigenvalue weighted by atomic mass is 10.0. The third kappa shape index (κ3) is 5.85. The molecule has 12 heteroatoms. The van der Waals surface area contributed by atoms with Crippen molar-refractivity contribution in [3.8, 4) is 16.9 Å². The van der Waals surface area contributed by atoms with Gasteiger partial charge in [-0.2, -0.15) is 5.10 Å². The second kappa shape index (κ2) is 11.8. The number of nitrogens with zero attached hydrogens (tertiary/aromatic N) is 3. The number of rotatable bonds is 7. The number of benzene rings is 2. The Morgan fingerprint density at radius 3 is 2.23 bits per heavy atom. The molecule has 2 aromatic carbocycles. The number of aromatic nitrogens is 2. The normalized spacial score (nSPS) is 17.8. The number of nitrogens with one attached hydrogen (secondary N) is 1. The number of piperidine rings is 1. The number of hydrogen-bond donors (Lipinski definition) is 2. The second-order valence-corrected chi connectivity index (χ2v) is 13.7. The zero-order valence-corrected chi connectivity index (χ0v) is 24.3. The van der Waals surface area contributed by atoms with Crippen molar-refractivity contribution in [1.82, 2.24) is 20.2 Å². The van der Waals surface area contributed by atoms with Crippen LogP contribution in [-0.4, -0.2) is 47.5 Å². The van der Waals surface area contributed by atoms with Crippen molar-refractivity contribution < 1.29 is 13.2 Å². The van der Waals surface area contributed by atoms with Gasteiger partial charge in [-0.15, -0.1) is 0 Å². The number of nitrogens with two attached hydrogens (primary N) is 1. The fourth-order valence-electron chi connectivity index (χ4n) is 5.37. The molecule has 1 aliphatic carbocycles. The van der Waals surface area contributed by atoms with E-state index in [0.29, 0.717) is 52.9 Å². The fraction of sp³-hybridized carbons (Fsp3) is 0.407. The van der Waals surface area contributed by atoms with Gasteiger partial charge in [-0.25, -0.2) is 18.1 Å². The average Bonchev–Trinajstić information content (AvgIpc) is 3.59. The lowest BCUT2D eigenvalue weighted by Crippen LogP contribution is -2.45. The lowest BCUT2D eigenvalue weighted by Gasteiger charge is -2.27. The first-order valence-electron chi connectivity index (χ1n) is 13.1. The largest absolute Gasteiger partial charge is 0.311 e. The molecule has 1 amide bonds. The van der Waals surface area contributed by atoms with E-state index in [1.807, 2.05) is 5.01 Å². The number of amides is 1. The van der Waals surface area contributed by atoms with Crippen molar-refractivity contribution in [2.45, 2.75) is 55.6 Å². The molecule has 1 aromatic heterocycles. The molecule has 0 spiro atoms. The molecular weight excluding hydrogens is 581 g/mol. The third-order valence-corrected chi connectivity index (χ3v) is 10.5. The molecule has 39 heavy (non-hydrogen) atoms. The Bertz CT molecular complexity index is 1460. The highest BCUT2D eigenvalue weighted by Crippen LogP contribution is 2.40. The van der Waals surface area contributed by atoms with Gasteiger partial charge in [0.25, 0.3) is 5.91 Å². The Morgan fingerprint density at radius 2 is 1.59 bits per heavy atom. The SMILES string of the molecule is NC(c1c(C(=O)NN2CCCCC2)nn(-c2ccc(Cl)cc2Cl)c1-c1ccc(Cl)cc1)S(=O)(=O)C1CCCC1. The zero-order chi connectivity index (χ0) is 27.7. The highest BCUT2D eigenvalue weighted by molar-refractivity contribution is 7.92. The summed E-state index contributed by atoms with van der Waals surface area (Å²) in [7, 11) is -3.85. The van der Waals surface area contributed by atoms with Crippen molar-refractivity contribution in [3.05, 3.63) is 68.8 Å². The summed E-state index contributed by atoms with van der Waals surface area (Å²) in [5.41, 5.74) is 11.0. The summed E-state index contributed by atoms with van der Waals surface area (Å²) in [4.78, 5) is 13.8. The van der Waals surface area contributed by atoms with Crippen LogP contribution in [0, 0.1) is 0 Å². The molecule has 2 fully saturated rings. The van der Waals surface area contributed by atoms with Crippen LogP contribution in [0.4, 0.5) is 0 Å². The van der Waals surface area contributed by atoms with E-state index in [9.17, 15) is 13.2 Å². The van der Waals surface area contributed by atoms with Crippen LogP contribution in [0.5, 0.6) is 0 Å². The molecule has 1 unspecified atom stereocenters. The monoisotopic (exact) mass is 609 g/mol. The molecule has 0 bridgehead atoms. The van der Waals surface area contributed by atoms with Gasteiger partial charge in [0.2, 0.25) is 0 Å². The van der Waals surface area contributed by atoms with Crippen LogP contribution >= 0.6 is 34.8 Å². The number of carbonyl (C=O) groups is 1. The Morgan fingerprint density at radius 1 is 0.949 bits per heavy atom. The van der Waals surface area contributed by atoms with E-state index in [1.54, 1.807) is 42.5 Å². The van der Waals surface area contributed by atoms with Crippen LogP contribution in [-0.2, 0) is 9.84 Å². The minimum absolute atomic E-state index is 0.0642. The van der Waals surface area contributed by atoms with E-state index >= 15 is 0 Å². The quantitative estimate of drug-likeness (QED) is 0.342. The average molecular weight is 611 g/mol. The molecule has 1 saturated carbocycles. The predicted molar refractivity (Wildman–Crippen MR) is 155 cm³/mol. The summed E-state index contributed by atoms with van der Waals surface area (Å²) < 4.78 is 29.1. The standard InChI is InChI=1S/C27H30Cl3N5O3S/c28-18-10-8-17(9-11-18)25-23(26(31)39(37,38)20-6-2-3-7-20)24(27(36)33-34-14-4-1-5-15-34)32-35(25)22-13-12-19(29)16-21(22)30/h8-13,16,20,26H,1-7,14-15,31H2,(H,33,36). The summed E-state index contributed by atoms with van der Waals surface area (Å²) in [5.74, 6) is -0.525. The van der Waals surface area contributed by atoms with Gasteiger partial charge in [0, 0.05) is 34.3 Å². The van der Waals surface area contributed by atoms with Gasteiger partial charge < -0.3 is 5.73 Å². The van der Waals surface area contributed by atoms with Crippen molar-refractivity contribution in [3.63, 3.8) is 0 Å². The van der Waals surface area contributed by atoms with Crippen LogP contribution in [0.2, 0.25) is 15.1 Å². The third-order valence-electron chi connectivity index (χ3n) is 7.41. The zero-order valence-electron chi connectivity index (χ0n) is 21.2. The van der Waals surface area contributed by atoms with Crippen LogP contribution in [0.3, 0.4) is 0 Å².